The van der Waals surface area contributed by atoms with Gasteiger partial charge in [0, 0.05) is 32.3 Å². The summed E-state index contributed by atoms with van der Waals surface area (Å²) < 4.78 is 42.4. The van der Waals surface area contributed by atoms with Crippen LogP contribution in [-0.4, -0.2) is 56.5 Å². The summed E-state index contributed by atoms with van der Waals surface area (Å²) in [7, 11) is 0. The average molecular weight is 282 g/mol. The van der Waals surface area contributed by atoms with Gasteiger partial charge >= 0.3 is 6.18 Å². The standard InChI is InChI=1S/C13H25F3N2O/c1-2-3-9-19-10-7-17-6-8-18(12-4-5-12)11-13(14,15)16/h12,17H,2-11H2,1H3. The van der Waals surface area contributed by atoms with Crippen molar-refractivity contribution >= 4 is 0 Å². The van der Waals surface area contributed by atoms with E-state index in [-0.39, 0.29) is 6.04 Å². The first kappa shape index (κ1) is 16.7. The summed E-state index contributed by atoms with van der Waals surface area (Å²) in [5, 5.41) is 3.13. The van der Waals surface area contributed by atoms with E-state index in [0.717, 1.165) is 32.3 Å². The highest BCUT2D eigenvalue weighted by atomic mass is 19.4. The fourth-order valence-corrected chi connectivity index (χ4v) is 1.90. The van der Waals surface area contributed by atoms with Gasteiger partial charge in [-0.25, -0.2) is 0 Å². The van der Waals surface area contributed by atoms with E-state index >= 15 is 0 Å². The van der Waals surface area contributed by atoms with Crippen LogP contribution in [0.15, 0.2) is 0 Å². The third-order valence-corrected chi connectivity index (χ3v) is 3.09. The molecule has 0 amide bonds. The van der Waals surface area contributed by atoms with E-state index < -0.39 is 12.7 Å². The molecule has 1 aliphatic carbocycles. The van der Waals surface area contributed by atoms with Crippen molar-refractivity contribution in [2.24, 2.45) is 0 Å². The van der Waals surface area contributed by atoms with Crippen molar-refractivity contribution in [3.8, 4) is 0 Å². The van der Waals surface area contributed by atoms with Crippen LogP contribution in [0.4, 0.5) is 13.2 Å². The van der Waals surface area contributed by atoms with Crippen LogP contribution >= 0.6 is 0 Å². The molecule has 3 nitrogen and oxygen atoms in total. The quantitative estimate of drug-likeness (QED) is 0.589. The highest BCUT2D eigenvalue weighted by molar-refractivity contribution is 4.85. The normalized spacial score (nSPS) is 16.3. The molecule has 1 aliphatic rings. The van der Waals surface area contributed by atoms with Gasteiger partial charge in [0.1, 0.15) is 0 Å². The molecule has 114 valence electrons. The van der Waals surface area contributed by atoms with E-state index in [1.54, 1.807) is 0 Å². The van der Waals surface area contributed by atoms with Crippen LogP contribution < -0.4 is 5.32 Å². The summed E-state index contributed by atoms with van der Waals surface area (Å²) in [5.74, 6) is 0. The molecule has 0 aromatic carbocycles. The van der Waals surface area contributed by atoms with Crippen LogP contribution in [0.25, 0.3) is 0 Å². The van der Waals surface area contributed by atoms with Crippen molar-refractivity contribution in [1.29, 1.82) is 0 Å². The third kappa shape index (κ3) is 9.24. The van der Waals surface area contributed by atoms with Gasteiger partial charge in [-0.15, -0.1) is 0 Å². The Kier molecular flexibility index (Phi) is 7.71. The topological polar surface area (TPSA) is 24.5 Å². The fraction of sp³-hybridized carbons (Fsp3) is 1.00. The first-order valence-electron chi connectivity index (χ1n) is 7.12. The molecule has 1 rings (SSSR count). The predicted molar refractivity (Wildman–Crippen MR) is 69.2 cm³/mol. The van der Waals surface area contributed by atoms with Crippen molar-refractivity contribution in [2.75, 3.05) is 39.4 Å². The summed E-state index contributed by atoms with van der Waals surface area (Å²) >= 11 is 0. The van der Waals surface area contributed by atoms with Gasteiger partial charge in [-0.2, -0.15) is 13.2 Å². The maximum Gasteiger partial charge on any atom is 0.401 e. The number of ether oxygens (including phenoxy) is 1. The maximum atomic E-state index is 12.4. The minimum absolute atomic E-state index is 0.143. The highest BCUT2D eigenvalue weighted by Crippen LogP contribution is 2.29. The number of unbranched alkanes of at least 4 members (excludes halogenated alkanes) is 1. The summed E-state index contributed by atoms with van der Waals surface area (Å²) in [5.41, 5.74) is 0. The molecular weight excluding hydrogens is 257 g/mol. The molecule has 19 heavy (non-hydrogen) atoms. The number of nitrogens with zero attached hydrogens (tertiary/aromatic N) is 1. The smallest absolute Gasteiger partial charge is 0.380 e. The minimum atomic E-state index is -4.09. The highest BCUT2D eigenvalue weighted by Gasteiger charge is 2.37. The van der Waals surface area contributed by atoms with Gasteiger partial charge in [0.25, 0.3) is 0 Å². The molecule has 1 N–H and O–H groups in total. The zero-order chi connectivity index (χ0) is 14.1. The number of hydrogen-bond donors (Lipinski definition) is 1. The Labute approximate surface area is 113 Å². The second kappa shape index (κ2) is 8.76. The Balaban J connectivity index is 1.99. The van der Waals surface area contributed by atoms with Gasteiger partial charge in [0.05, 0.1) is 13.2 Å². The minimum Gasteiger partial charge on any atom is -0.380 e. The van der Waals surface area contributed by atoms with Crippen LogP contribution in [0, 0.1) is 0 Å². The molecule has 0 spiro atoms. The first-order valence-corrected chi connectivity index (χ1v) is 7.12. The van der Waals surface area contributed by atoms with Crippen LogP contribution in [0.1, 0.15) is 32.6 Å². The molecule has 0 atom stereocenters. The molecule has 0 aromatic rings. The fourth-order valence-electron chi connectivity index (χ4n) is 1.90. The van der Waals surface area contributed by atoms with Crippen LogP contribution in [0.5, 0.6) is 0 Å². The Morgan fingerprint density at radius 2 is 1.95 bits per heavy atom. The van der Waals surface area contributed by atoms with Crippen LogP contribution in [-0.2, 0) is 4.74 Å². The second-order valence-electron chi connectivity index (χ2n) is 5.03. The van der Waals surface area contributed by atoms with E-state index in [4.69, 9.17) is 4.74 Å². The van der Waals surface area contributed by atoms with Crippen LogP contribution in [0.2, 0.25) is 0 Å². The molecule has 0 saturated heterocycles. The lowest BCUT2D eigenvalue weighted by Gasteiger charge is -2.23. The van der Waals surface area contributed by atoms with Crippen molar-refractivity contribution < 1.29 is 17.9 Å². The Morgan fingerprint density at radius 1 is 1.21 bits per heavy atom. The summed E-state index contributed by atoms with van der Waals surface area (Å²) in [6, 6.07) is 0.143. The molecule has 0 heterocycles. The molecule has 1 saturated carbocycles. The molecule has 0 aliphatic heterocycles. The molecule has 6 heteroatoms. The number of halogens is 3. The van der Waals surface area contributed by atoms with E-state index in [9.17, 15) is 13.2 Å². The third-order valence-electron chi connectivity index (χ3n) is 3.09. The number of nitrogens with one attached hydrogen (secondary N) is 1. The van der Waals surface area contributed by atoms with Crippen molar-refractivity contribution in [3.05, 3.63) is 0 Å². The van der Waals surface area contributed by atoms with Crippen molar-refractivity contribution in [1.82, 2.24) is 10.2 Å². The molecule has 0 unspecified atom stereocenters. The second-order valence-corrected chi connectivity index (χ2v) is 5.03. The van der Waals surface area contributed by atoms with Gasteiger partial charge < -0.3 is 10.1 Å². The SMILES string of the molecule is CCCCOCCNCCN(CC(F)(F)F)C1CC1. The van der Waals surface area contributed by atoms with E-state index in [1.165, 1.54) is 4.90 Å². The van der Waals surface area contributed by atoms with Gasteiger partial charge in [0.2, 0.25) is 0 Å². The van der Waals surface area contributed by atoms with Gasteiger partial charge in [-0.1, -0.05) is 13.3 Å². The number of rotatable bonds is 11. The average Bonchev–Trinajstić information content (AvgIpc) is 3.13. The lowest BCUT2D eigenvalue weighted by molar-refractivity contribution is -0.147. The largest absolute Gasteiger partial charge is 0.401 e. The molecule has 0 aromatic heterocycles. The number of alkyl halides is 3. The van der Waals surface area contributed by atoms with Gasteiger partial charge in [0.15, 0.2) is 0 Å². The predicted octanol–water partition coefficient (Wildman–Crippen LogP) is 2.42. The van der Waals surface area contributed by atoms with Gasteiger partial charge in [-0.05, 0) is 19.3 Å². The summed E-state index contributed by atoms with van der Waals surface area (Å²) in [6.07, 6.45) is -0.124. The van der Waals surface area contributed by atoms with Crippen LogP contribution in [0.3, 0.4) is 0 Å². The van der Waals surface area contributed by atoms with Crippen molar-refractivity contribution in [3.63, 3.8) is 0 Å². The lowest BCUT2D eigenvalue weighted by atomic mass is 10.4. The number of hydrogen-bond acceptors (Lipinski definition) is 3. The summed E-state index contributed by atoms with van der Waals surface area (Å²) in [4.78, 5) is 1.53. The molecular formula is C13H25F3N2O. The Morgan fingerprint density at radius 3 is 2.53 bits per heavy atom. The van der Waals surface area contributed by atoms with E-state index in [2.05, 4.69) is 12.2 Å². The monoisotopic (exact) mass is 282 g/mol. The van der Waals surface area contributed by atoms with E-state index in [0.29, 0.717) is 26.2 Å². The van der Waals surface area contributed by atoms with E-state index in [1.807, 2.05) is 0 Å². The first-order chi connectivity index (χ1) is 9.03. The zero-order valence-electron chi connectivity index (χ0n) is 11.6. The lowest BCUT2D eigenvalue weighted by Crippen LogP contribution is -2.40. The van der Waals surface area contributed by atoms with Gasteiger partial charge in [-0.3, -0.25) is 4.90 Å². The van der Waals surface area contributed by atoms with Crippen molar-refractivity contribution in [2.45, 2.75) is 44.8 Å². The maximum absolute atomic E-state index is 12.4. The molecule has 1 fully saturated rings. The Bertz CT molecular complexity index is 232. The molecule has 0 bridgehead atoms. The zero-order valence-corrected chi connectivity index (χ0v) is 11.6. The molecule has 0 radical (unpaired) electrons. The summed E-state index contributed by atoms with van der Waals surface area (Å²) in [6.45, 7) is 4.46. The Hall–Kier alpha value is -0.330.